The number of primary amides is 1. The van der Waals surface area contributed by atoms with Crippen molar-refractivity contribution >= 4 is 35.0 Å². The number of nitrogens with one attached hydrogen (secondary N) is 2. The molecule has 4 bridgehead atoms. The van der Waals surface area contributed by atoms with Crippen LogP contribution >= 0.6 is 11.6 Å². The number of benzene rings is 1. The molecule has 0 aromatic heterocycles. The van der Waals surface area contributed by atoms with E-state index in [-0.39, 0.29) is 34.4 Å². The van der Waals surface area contributed by atoms with Crippen molar-refractivity contribution in [2.24, 2.45) is 28.9 Å². The van der Waals surface area contributed by atoms with Crippen LogP contribution in [0.15, 0.2) is 18.2 Å². The third kappa shape index (κ3) is 3.55. The monoisotopic (exact) mass is 389 g/mol. The minimum absolute atomic E-state index is 0.0191. The van der Waals surface area contributed by atoms with Crippen LogP contribution in [-0.4, -0.2) is 24.3 Å². The molecule has 1 aromatic rings. The largest absolute Gasteiger partial charge is 0.366 e. The highest BCUT2D eigenvalue weighted by Gasteiger charge is 2.54. The number of hydrogen-bond acceptors (Lipinski definition) is 3. The smallest absolute Gasteiger partial charge is 0.250 e. The fourth-order valence-corrected chi connectivity index (χ4v) is 5.94. The van der Waals surface area contributed by atoms with E-state index in [1.54, 1.807) is 6.07 Å². The lowest BCUT2D eigenvalue weighted by atomic mass is 9.49. The summed E-state index contributed by atoms with van der Waals surface area (Å²) in [6, 6.07) is 4.53. The summed E-state index contributed by atoms with van der Waals surface area (Å²) in [6.07, 6.45) is 6.70. The summed E-state index contributed by atoms with van der Waals surface area (Å²) in [4.78, 5) is 36.5. The Balaban J connectivity index is 1.35. The van der Waals surface area contributed by atoms with Crippen molar-refractivity contribution in [3.8, 4) is 0 Å². The minimum Gasteiger partial charge on any atom is -0.366 e. The molecule has 144 valence electrons. The normalized spacial score (nSPS) is 30.8. The SMILES string of the molecule is NC(=O)c1cc(NC(=O)CNC(=O)C23CC4CC(CC(C4)C2)C3)ccc1Cl. The number of nitrogens with two attached hydrogens (primary N) is 1. The highest BCUT2D eigenvalue weighted by Crippen LogP contribution is 2.60. The number of rotatable bonds is 5. The van der Waals surface area contributed by atoms with Crippen LogP contribution in [0.25, 0.3) is 0 Å². The molecule has 4 N–H and O–H groups in total. The molecule has 4 fully saturated rings. The summed E-state index contributed by atoms with van der Waals surface area (Å²) in [5, 5.41) is 5.75. The van der Waals surface area contributed by atoms with Gasteiger partial charge in [0.2, 0.25) is 17.7 Å². The Kier molecular flexibility index (Phi) is 4.62. The molecule has 7 heteroatoms. The fourth-order valence-electron chi connectivity index (χ4n) is 5.73. The second-order valence-corrected chi connectivity index (χ2v) is 8.89. The second kappa shape index (κ2) is 6.82. The average Bonchev–Trinajstić information content (AvgIpc) is 2.60. The molecule has 0 saturated heterocycles. The Morgan fingerprint density at radius 2 is 1.67 bits per heavy atom. The van der Waals surface area contributed by atoms with E-state index in [1.807, 2.05) is 0 Å². The molecule has 5 rings (SSSR count). The first-order valence-electron chi connectivity index (χ1n) is 9.52. The summed E-state index contributed by atoms with van der Waals surface area (Å²) >= 11 is 5.91. The molecule has 1 aromatic carbocycles. The molecule has 0 atom stereocenters. The molecule has 6 nitrogen and oxygen atoms in total. The number of carbonyl (C=O) groups is 3. The van der Waals surface area contributed by atoms with Gasteiger partial charge >= 0.3 is 0 Å². The van der Waals surface area contributed by atoms with Gasteiger partial charge in [0.15, 0.2) is 0 Å². The van der Waals surface area contributed by atoms with Gasteiger partial charge in [-0.25, -0.2) is 0 Å². The van der Waals surface area contributed by atoms with Crippen molar-refractivity contribution in [2.75, 3.05) is 11.9 Å². The van der Waals surface area contributed by atoms with Crippen LogP contribution in [0.2, 0.25) is 5.02 Å². The molecular weight excluding hydrogens is 366 g/mol. The summed E-state index contributed by atoms with van der Waals surface area (Å²) in [5.41, 5.74) is 5.56. The maximum Gasteiger partial charge on any atom is 0.250 e. The van der Waals surface area contributed by atoms with Gasteiger partial charge in [-0.15, -0.1) is 0 Å². The third-order valence-corrected chi connectivity index (χ3v) is 6.77. The minimum atomic E-state index is -0.661. The van der Waals surface area contributed by atoms with Crippen molar-refractivity contribution in [2.45, 2.75) is 38.5 Å². The van der Waals surface area contributed by atoms with Crippen LogP contribution in [0.4, 0.5) is 5.69 Å². The predicted octanol–water partition coefficient (Wildman–Crippen LogP) is 2.71. The zero-order valence-electron chi connectivity index (χ0n) is 15.1. The van der Waals surface area contributed by atoms with Gasteiger partial charge in [0.05, 0.1) is 17.1 Å². The first kappa shape index (κ1) is 18.3. The highest BCUT2D eigenvalue weighted by molar-refractivity contribution is 6.34. The van der Waals surface area contributed by atoms with Crippen molar-refractivity contribution in [3.63, 3.8) is 0 Å². The summed E-state index contributed by atoms with van der Waals surface area (Å²) in [5.74, 6) is 1.05. The number of anilines is 1. The zero-order valence-corrected chi connectivity index (χ0v) is 15.8. The van der Waals surface area contributed by atoms with E-state index in [0.717, 1.165) is 19.3 Å². The number of halogens is 1. The van der Waals surface area contributed by atoms with Gasteiger partial charge in [-0.3, -0.25) is 14.4 Å². The van der Waals surface area contributed by atoms with E-state index >= 15 is 0 Å². The summed E-state index contributed by atoms with van der Waals surface area (Å²) in [7, 11) is 0. The molecule has 0 radical (unpaired) electrons. The van der Waals surface area contributed by atoms with Gasteiger partial charge in [-0.05, 0) is 74.5 Å². The van der Waals surface area contributed by atoms with E-state index in [2.05, 4.69) is 10.6 Å². The van der Waals surface area contributed by atoms with E-state index in [1.165, 1.54) is 31.4 Å². The predicted molar refractivity (Wildman–Crippen MR) is 102 cm³/mol. The van der Waals surface area contributed by atoms with Crippen LogP contribution in [0, 0.1) is 23.2 Å². The topological polar surface area (TPSA) is 101 Å². The molecule has 4 aliphatic rings. The Morgan fingerprint density at radius 1 is 1.07 bits per heavy atom. The van der Waals surface area contributed by atoms with Gasteiger partial charge < -0.3 is 16.4 Å². The van der Waals surface area contributed by atoms with Crippen LogP contribution < -0.4 is 16.4 Å². The molecule has 0 aliphatic heterocycles. The van der Waals surface area contributed by atoms with Gasteiger partial charge in [-0.1, -0.05) is 11.6 Å². The molecule has 27 heavy (non-hydrogen) atoms. The van der Waals surface area contributed by atoms with E-state index in [4.69, 9.17) is 17.3 Å². The van der Waals surface area contributed by atoms with Crippen LogP contribution in [0.3, 0.4) is 0 Å². The van der Waals surface area contributed by atoms with Crippen molar-refractivity contribution in [1.82, 2.24) is 5.32 Å². The molecule has 3 amide bonds. The molecule has 0 heterocycles. The zero-order chi connectivity index (χ0) is 19.2. The lowest BCUT2D eigenvalue weighted by molar-refractivity contribution is -0.146. The standard InChI is InChI=1S/C20H24ClN3O3/c21-16-2-1-14(6-15(16)18(22)26)24-17(25)10-23-19(27)20-7-11-3-12(8-20)5-13(4-11)9-20/h1-2,6,11-13H,3-5,7-10H2,(H2,22,26)(H,23,27)(H,24,25). The first-order chi connectivity index (χ1) is 12.8. The third-order valence-electron chi connectivity index (χ3n) is 6.44. The molecule has 0 spiro atoms. The highest BCUT2D eigenvalue weighted by atomic mass is 35.5. The summed E-state index contributed by atoms with van der Waals surface area (Å²) < 4.78 is 0. The number of amides is 3. The molecular formula is C20H24ClN3O3. The fraction of sp³-hybridized carbons (Fsp3) is 0.550. The quantitative estimate of drug-likeness (QED) is 0.721. The number of hydrogen-bond donors (Lipinski definition) is 3. The van der Waals surface area contributed by atoms with Crippen molar-refractivity contribution in [3.05, 3.63) is 28.8 Å². The van der Waals surface area contributed by atoms with Gasteiger partial charge in [0, 0.05) is 11.1 Å². The van der Waals surface area contributed by atoms with Gasteiger partial charge in [0.1, 0.15) is 0 Å². The maximum atomic E-state index is 12.9. The Bertz CT molecular complexity index is 772. The van der Waals surface area contributed by atoms with Crippen molar-refractivity contribution in [1.29, 1.82) is 0 Å². The van der Waals surface area contributed by atoms with E-state index < -0.39 is 5.91 Å². The Labute approximate surface area is 163 Å². The van der Waals surface area contributed by atoms with Gasteiger partial charge in [0.25, 0.3) is 0 Å². The summed E-state index contributed by atoms with van der Waals surface area (Å²) in [6.45, 7) is -0.0882. The maximum absolute atomic E-state index is 12.9. The molecule has 4 saturated carbocycles. The van der Waals surface area contributed by atoms with Crippen LogP contribution in [0.5, 0.6) is 0 Å². The van der Waals surface area contributed by atoms with E-state index in [0.29, 0.717) is 23.4 Å². The Morgan fingerprint density at radius 3 is 2.22 bits per heavy atom. The van der Waals surface area contributed by atoms with Gasteiger partial charge in [-0.2, -0.15) is 0 Å². The van der Waals surface area contributed by atoms with E-state index in [9.17, 15) is 14.4 Å². The molecule has 0 unspecified atom stereocenters. The van der Waals surface area contributed by atoms with Crippen LogP contribution in [-0.2, 0) is 9.59 Å². The lowest BCUT2D eigenvalue weighted by Crippen LogP contribution is -2.54. The van der Waals surface area contributed by atoms with Crippen molar-refractivity contribution < 1.29 is 14.4 Å². The van der Waals surface area contributed by atoms with Crippen LogP contribution in [0.1, 0.15) is 48.9 Å². The Hall–Kier alpha value is -2.08. The first-order valence-corrected chi connectivity index (χ1v) is 9.90. The molecule has 4 aliphatic carbocycles. The average molecular weight is 390 g/mol. The lowest BCUT2D eigenvalue weighted by Gasteiger charge is -2.55. The number of carbonyl (C=O) groups excluding carboxylic acids is 3. The second-order valence-electron chi connectivity index (χ2n) is 8.49.